The molecular formula is C17H28N2O10. The number of hydrogen-bond acceptors (Lipinski definition) is 9. The molecule has 1 heterocycles. The SMILES string of the molecule is CC(=O)N[C@@H]1[C@H]([C@@H](NC(=O)C[C@@H](C)O)[C@H](C)O)O[C@](O)(C(=O)O)C[C@@H]1OC(C)=O. The zero-order chi connectivity index (χ0) is 22.5. The summed E-state index contributed by atoms with van der Waals surface area (Å²) in [5.41, 5.74) is 0. The summed E-state index contributed by atoms with van der Waals surface area (Å²) in [6.07, 6.45) is -6.16. The summed E-state index contributed by atoms with van der Waals surface area (Å²) < 4.78 is 10.4. The van der Waals surface area contributed by atoms with E-state index in [-0.39, 0.29) is 6.42 Å². The van der Waals surface area contributed by atoms with Crippen LogP contribution in [0.25, 0.3) is 0 Å². The summed E-state index contributed by atoms with van der Waals surface area (Å²) in [6.45, 7) is 4.86. The lowest BCUT2D eigenvalue weighted by Crippen LogP contribution is -2.70. The number of amides is 2. The van der Waals surface area contributed by atoms with Crippen LogP contribution in [0.5, 0.6) is 0 Å². The predicted octanol–water partition coefficient (Wildman–Crippen LogP) is -2.38. The van der Waals surface area contributed by atoms with Gasteiger partial charge in [0.1, 0.15) is 12.2 Å². The third kappa shape index (κ3) is 6.92. The third-order valence-electron chi connectivity index (χ3n) is 4.27. The molecule has 2 amide bonds. The van der Waals surface area contributed by atoms with E-state index in [1.54, 1.807) is 0 Å². The average Bonchev–Trinajstić information content (AvgIpc) is 2.53. The molecule has 0 aromatic carbocycles. The summed E-state index contributed by atoms with van der Waals surface area (Å²) in [4.78, 5) is 46.8. The van der Waals surface area contributed by atoms with Crippen LogP contribution in [-0.2, 0) is 28.7 Å². The quantitative estimate of drug-likeness (QED) is 0.231. The third-order valence-corrected chi connectivity index (χ3v) is 4.27. The Morgan fingerprint density at radius 2 is 1.79 bits per heavy atom. The van der Waals surface area contributed by atoms with E-state index in [2.05, 4.69) is 10.6 Å². The van der Waals surface area contributed by atoms with Crippen LogP contribution in [0.2, 0.25) is 0 Å². The van der Waals surface area contributed by atoms with Gasteiger partial charge in [-0.25, -0.2) is 4.79 Å². The van der Waals surface area contributed by atoms with Crippen LogP contribution < -0.4 is 10.6 Å². The summed E-state index contributed by atoms with van der Waals surface area (Å²) >= 11 is 0. The van der Waals surface area contributed by atoms with E-state index in [1.165, 1.54) is 13.8 Å². The topological polar surface area (TPSA) is 192 Å². The molecule has 1 aliphatic rings. The van der Waals surface area contributed by atoms with Gasteiger partial charge in [-0.1, -0.05) is 0 Å². The molecule has 1 fully saturated rings. The Morgan fingerprint density at radius 1 is 1.21 bits per heavy atom. The maximum atomic E-state index is 12.1. The van der Waals surface area contributed by atoms with Gasteiger partial charge < -0.3 is 40.5 Å². The Hall–Kier alpha value is -2.28. The highest BCUT2D eigenvalue weighted by molar-refractivity contribution is 5.78. The molecule has 1 aliphatic heterocycles. The van der Waals surface area contributed by atoms with Crippen molar-refractivity contribution in [3.05, 3.63) is 0 Å². The van der Waals surface area contributed by atoms with Crippen LogP contribution in [0.1, 0.15) is 40.5 Å². The van der Waals surface area contributed by atoms with Gasteiger partial charge >= 0.3 is 11.9 Å². The van der Waals surface area contributed by atoms with Gasteiger partial charge in [-0.2, -0.15) is 0 Å². The lowest BCUT2D eigenvalue weighted by atomic mass is 9.87. The van der Waals surface area contributed by atoms with Crippen molar-refractivity contribution in [1.82, 2.24) is 10.6 Å². The average molecular weight is 420 g/mol. The molecule has 0 aliphatic carbocycles. The number of carbonyl (C=O) groups excluding carboxylic acids is 3. The van der Waals surface area contributed by atoms with Crippen molar-refractivity contribution in [3.63, 3.8) is 0 Å². The molecule has 29 heavy (non-hydrogen) atoms. The highest BCUT2D eigenvalue weighted by Crippen LogP contribution is 2.32. The van der Waals surface area contributed by atoms with Gasteiger partial charge in [-0.3, -0.25) is 14.4 Å². The van der Waals surface area contributed by atoms with Crippen molar-refractivity contribution in [2.24, 2.45) is 0 Å². The number of aliphatic hydroxyl groups is 3. The molecule has 0 spiro atoms. The van der Waals surface area contributed by atoms with E-state index >= 15 is 0 Å². The van der Waals surface area contributed by atoms with Crippen LogP contribution in [0.3, 0.4) is 0 Å². The number of aliphatic carboxylic acids is 1. The minimum Gasteiger partial charge on any atom is -0.477 e. The molecule has 0 saturated carbocycles. The first-order chi connectivity index (χ1) is 13.3. The second-order valence-electron chi connectivity index (χ2n) is 7.14. The molecule has 0 aromatic heterocycles. The standard InChI is InChI=1S/C17H28N2O10/c1-7(20)5-12(24)19-13(8(2)21)15-14(18-9(3)22)11(28-10(4)23)6-17(27,29-15)16(25)26/h7-8,11,13-15,20-21,27H,5-6H2,1-4H3,(H,18,22)(H,19,24)(H,25,26)/t7-,8+,11+,13+,14+,15+,17+/m1/s1. The fourth-order valence-corrected chi connectivity index (χ4v) is 3.12. The molecule has 1 rings (SSSR count). The number of hydrogen-bond donors (Lipinski definition) is 6. The second kappa shape index (κ2) is 9.96. The van der Waals surface area contributed by atoms with Crippen LogP contribution in [0.4, 0.5) is 0 Å². The fraction of sp³-hybridized carbons (Fsp3) is 0.765. The molecule has 0 aromatic rings. The number of rotatable bonds is 8. The summed E-state index contributed by atoms with van der Waals surface area (Å²) in [7, 11) is 0. The van der Waals surface area contributed by atoms with Crippen LogP contribution in [-0.4, -0.2) is 86.5 Å². The largest absolute Gasteiger partial charge is 0.477 e. The minimum absolute atomic E-state index is 0.322. The minimum atomic E-state index is -2.80. The number of esters is 1. The van der Waals surface area contributed by atoms with Crippen molar-refractivity contribution < 1.29 is 49.1 Å². The van der Waals surface area contributed by atoms with E-state index < -0.39 is 72.5 Å². The molecule has 6 N–H and O–H groups in total. The molecule has 0 bridgehead atoms. The maximum absolute atomic E-state index is 12.1. The van der Waals surface area contributed by atoms with Crippen LogP contribution in [0, 0.1) is 0 Å². The van der Waals surface area contributed by atoms with Gasteiger partial charge in [0.25, 0.3) is 5.79 Å². The van der Waals surface area contributed by atoms with Gasteiger partial charge in [0.2, 0.25) is 11.8 Å². The molecule has 1 saturated heterocycles. The first kappa shape index (κ1) is 24.8. The Balaban J connectivity index is 3.36. The van der Waals surface area contributed by atoms with Crippen LogP contribution >= 0.6 is 0 Å². The van der Waals surface area contributed by atoms with Gasteiger partial charge in [0, 0.05) is 13.8 Å². The van der Waals surface area contributed by atoms with Crippen molar-refractivity contribution in [2.45, 2.75) is 82.8 Å². The van der Waals surface area contributed by atoms with Crippen molar-refractivity contribution in [2.75, 3.05) is 0 Å². The first-order valence-electron chi connectivity index (χ1n) is 9.00. The highest BCUT2D eigenvalue weighted by Gasteiger charge is 2.55. The number of ether oxygens (including phenoxy) is 2. The van der Waals surface area contributed by atoms with Crippen molar-refractivity contribution in [3.8, 4) is 0 Å². The van der Waals surface area contributed by atoms with Crippen molar-refractivity contribution in [1.29, 1.82) is 0 Å². The molecule has 12 heteroatoms. The Labute approximate surface area is 167 Å². The molecule has 7 atom stereocenters. The van der Waals surface area contributed by atoms with Crippen LogP contribution in [0.15, 0.2) is 0 Å². The summed E-state index contributed by atoms with van der Waals surface area (Å²) in [5.74, 6) is -6.65. The zero-order valence-corrected chi connectivity index (χ0v) is 16.6. The number of carboxylic acids is 1. The van der Waals surface area contributed by atoms with Gasteiger partial charge in [0.15, 0.2) is 0 Å². The van der Waals surface area contributed by atoms with E-state index in [0.29, 0.717) is 0 Å². The van der Waals surface area contributed by atoms with E-state index in [1.807, 2.05) is 0 Å². The molecule has 0 radical (unpaired) electrons. The monoisotopic (exact) mass is 420 g/mol. The number of nitrogens with one attached hydrogen (secondary N) is 2. The molecule has 166 valence electrons. The lowest BCUT2D eigenvalue weighted by Gasteiger charge is -2.46. The maximum Gasteiger partial charge on any atom is 0.364 e. The molecular weight excluding hydrogens is 392 g/mol. The van der Waals surface area contributed by atoms with E-state index in [9.17, 15) is 39.6 Å². The highest BCUT2D eigenvalue weighted by atomic mass is 16.7. The number of aliphatic hydroxyl groups excluding tert-OH is 2. The smallest absolute Gasteiger partial charge is 0.364 e. The number of carbonyl (C=O) groups is 4. The Morgan fingerprint density at radius 3 is 2.21 bits per heavy atom. The van der Waals surface area contributed by atoms with Crippen molar-refractivity contribution >= 4 is 23.8 Å². The van der Waals surface area contributed by atoms with Gasteiger partial charge in [-0.15, -0.1) is 0 Å². The normalized spacial score (nSPS) is 29.8. The second-order valence-corrected chi connectivity index (χ2v) is 7.14. The van der Waals surface area contributed by atoms with Gasteiger partial charge in [0.05, 0.1) is 37.1 Å². The summed E-state index contributed by atoms with van der Waals surface area (Å²) in [6, 6.07) is -2.51. The lowest BCUT2D eigenvalue weighted by molar-refractivity contribution is -0.284. The van der Waals surface area contributed by atoms with E-state index in [4.69, 9.17) is 9.47 Å². The predicted molar refractivity (Wildman–Crippen MR) is 95.1 cm³/mol. The molecule has 12 nitrogen and oxygen atoms in total. The first-order valence-corrected chi connectivity index (χ1v) is 9.00. The van der Waals surface area contributed by atoms with Gasteiger partial charge in [-0.05, 0) is 13.8 Å². The zero-order valence-electron chi connectivity index (χ0n) is 16.6. The Kier molecular flexibility index (Phi) is 8.50. The molecule has 0 unspecified atom stereocenters. The number of carboxylic acid groups (broad SMARTS) is 1. The Bertz CT molecular complexity index is 638. The summed E-state index contributed by atoms with van der Waals surface area (Å²) in [5, 5.41) is 44.2. The van der Waals surface area contributed by atoms with E-state index in [0.717, 1.165) is 13.8 Å². The fourth-order valence-electron chi connectivity index (χ4n) is 3.12.